The number of anilines is 1. The van der Waals surface area contributed by atoms with Gasteiger partial charge in [-0.1, -0.05) is 13.3 Å². The van der Waals surface area contributed by atoms with Crippen LogP contribution >= 0.6 is 11.5 Å². The maximum atomic E-state index is 11.5. The summed E-state index contributed by atoms with van der Waals surface area (Å²) in [5, 5.41) is 4.39. The predicted molar refractivity (Wildman–Crippen MR) is 71.9 cm³/mol. The summed E-state index contributed by atoms with van der Waals surface area (Å²) in [6.45, 7) is 6.73. The molecule has 1 aliphatic carbocycles. The van der Waals surface area contributed by atoms with E-state index in [0.717, 1.165) is 22.8 Å². The van der Waals surface area contributed by atoms with Gasteiger partial charge in [0, 0.05) is 6.54 Å². The Kier molecular flexibility index (Phi) is 3.52. The van der Waals surface area contributed by atoms with Crippen LogP contribution in [0.1, 0.15) is 55.6 Å². The summed E-state index contributed by atoms with van der Waals surface area (Å²) < 4.78 is 4.26. The number of nitrogens with zero attached hydrogens (tertiary/aromatic N) is 1. The summed E-state index contributed by atoms with van der Waals surface area (Å²) >= 11 is 1.41. The molecule has 0 amide bonds. The van der Waals surface area contributed by atoms with Gasteiger partial charge < -0.3 is 5.32 Å². The van der Waals surface area contributed by atoms with E-state index in [2.05, 4.69) is 16.6 Å². The van der Waals surface area contributed by atoms with Crippen molar-refractivity contribution in [3.05, 3.63) is 11.3 Å². The fraction of sp³-hybridized carbons (Fsp3) is 0.692. The van der Waals surface area contributed by atoms with Crippen LogP contribution in [0.15, 0.2) is 0 Å². The zero-order valence-electron chi connectivity index (χ0n) is 10.8. The van der Waals surface area contributed by atoms with E-state index in [9.17, 15) is 4.79 Å². The topological polar surface area (TPSA) is 42.0 Å². The van der Waals surface area contributed by atoms with Crippen LogP contribution in [0.5, 0.6) is 0 Å². The Labute approximate surface area is 107 Å². The highest BCUT2D eigenvalue weighted by atomic mass is 32.1. The zero-order chi connectivity index (χ0) is 12.5. The highest BCUT2D eigenvalue weighted by Gasteiger charge is 2.41. The number of hydrogen-bond donors (Lipinski definition) is 1. The van der Waals surface area contributed by atoms with E-state index in [4.69, 9.17) is 0 Å². The zero-order valence-corrected chi connectivity index (χ0v) is 11.6. The lowest BCUT2D eigenvalue weighted by molar-refractivity contribution is 0.101. The predicted octanol–water partition coefficient (Wildman–Crippen LogP) is 3.65. The van der Waals surface area contributed by atoms with Gasteiger partial charge in [-0.3, -0.25) is 4.79 Å². The molecule has 0 spiro atoms. The number of carbonyl (C=O) groups excluding carboxylic acids is 1. The van der Waals surface area contributed by atoms with E-state index < -0.39 is 0 Å². The van der Waals surface area contributed by atoms with Crippen LogP contribution < -0.4 is 5.32 Å². The Bertz CT molecular complexity index is 421. The molecule has 1 heterocycles. The van der Waals surface area contributed by atoms with E-state index in [-0.39, 0.29) is 5.78 Å². The highest BCUT2D eigenvalue weighted by molar-refractivity contribution is 7.10. The average molecular weight is 252 g/mol. The Hall–Kier alpha value is -0.900. The molecule has 1 aromatic heterocycles. The molecular weight excluding hydrogens is 232 g/mol. The molecule has 0 radical (unpaired) electrons. The van der Waals surface area contributed by atoms with Gasteiger partial charge in [-0.2, -0.15) is 4.37 Å². The Balaban J connectivity index is 2.02. The van der Waals surface area contributed by atoms with Gasteiger partial charge in [-0.05, 0) is 50.1 Å². The number of aromatic nitrogens is 1. The molecule has 2 rings (SSSR count). The number of ketones is 1. The molecule has 1 fully saturated rings. The lowest BCUT2D eigenvalue weighted by Crippen LogP contribution is -2.15. The molecule has 17 heavy (non-hydrogen) atoms. The first-order valence-electron chi connectivity index (χ1n) is 6.29. The van der Waals surface area contributed by atoms with Gasteiger partial charge in [0.2, 0.25) is 0 Å². The Morgan fingerprint density at radius 3 is 2.76 bits per heavy atom. The normalized spacial score (nSPS) is 16.9. The molecule has 0 atom stereocenters. The minimum atomic E-state index is 0.110. The van der Waals surface area contributed by atoms with Crippen molar-refractivity contribution >= 4 is 22.3 Å². The Morgan fingerprint density at radius 1 is 1.53 bits per heavy atom. The summed E-state index contributed by atoms with van der Waals surface area (Å²) in [4.78, 5) is 11.5. The molecule has 0 aromatic carbocycles. The van der Waals surface area contributed by atoms with E-state index in [1.165, 1.54) is 37.2 Å². The van der Waals surface area contributed by atoms with Crippen molar-refractivity contribution < 1.29 is 4.79 Å². The molecule has 0 unspecified atom stereocenters. The number of carbonyl (C=O) groups is 1. The largest absolute Gasteiger partial charge is 0.375 e. The number of nitrogens with one attached hydrogen (secondary N) is 1. The number of rotatable bonds is 6. The van der Waals surface area contributed by atoms with Crippen molar-refractivity contribution in [2.24, 2.45) is 5.41 Å². The van der Waals surface area contributed by atoms with Gasteiger partial charge in [0.05, 0.1) is 11.3 Å². The number of aryl methyl sites for hydroxylation is 1. The van der Waals surface area contributed by atoms with Crippen LogP contribution in [-0.2, 0) is 0 Å². The monoisotopic (exact) mass is 252 g/mol. The van der Waals surface area contributed by atoms with Crippen LogP contribution in [0.2, 0.25) is 0 Å². The Morgan fingerprint density at radius 2 is 2.24 bits per heavy atom. The van der Waals surface area contributed by atoms with Crippen LogP contribution in [0, 0.1) is 12.3 Å². The summed E-state index contributed by atoms with van der Waals surface area (Å²) in [7, 11) is 0. The van der Waals surface area contributed by atoms with E-state index in [1.54, 1.807) is 6.92 Å². The second-order valence-corrected chi connectivity index (χ2v) is 5.91. The van der Waals surface area contributed by atoms with E-state index in [0.29, 0.717) is 5.41 Å². The molecule has 4 heteroatoms. The third kappa shape index (κ3) is 2.68. The third-order valence-corrected chi connectivity index (χ3v) is 4.47. The molecule has 1 saturated carbocycles. The molecule has 0 aliphatic heterocycles. The van der Waals surface area contributed by atoms with Crippen molar-refractivity contribution in [3.8, 4) is 0 Å². The van der Waals surface area contributed by atoms with Gasteiger partial charge in [0.15, 0.2) is 5.78 Å². The fourth-order valence-corrected chi connectivity index (χ4v) is 3.23. The second-order valence-electron chi connectivity index (χ2n) is 5.13. The van der Waals surface area contributed by atoms with Crippen molar-refractivity contribution in [3.63, 3.8) is 0 Å². The van der Waals surface area contributed by atoms with Gasteiger partial charge in [0.25, 0.3) is 0 Å². The molecule has 1 aromatic rings. The van der Waals surface area contributed by atoms with Crippen LogP contribution in [0.4, 0.5) is 5.00 Å². The van der Waals surface area contributed by atoms with Crippen LogP contribution in [-0.4, -0.2) is 16.7 Å². The molecule has 3 nitrogen and oxygen atoms in total. The lowest BCUT2D eigenvalue weighted by Gasteiger charge is -2.15. The minimum Gasteiger partial charge on any atom is -0.375 e. The molecule has 0 bridgehead atoms. The molecule has 1 N–H and O–H groups in total. The van der Waals surface area contributed by atoms with Gasteiger partial charge >= 0.3 is 0 Å². The van der Waals surface area contributed by atoms with Crippen molar-refractivity contribution in [1.29, 1.82) is 0 Å². The number of Topliss-reactive ketones (excluding diaryl/α,β-unsaturated/α-hetero) is 1. The first kappa shape index (κ1) is 12.6. The second kappa shape index (κ2) is 4.77. The molecular formula is C13H20N2OS. The van der Waals surface area contributed by atoms with Crippen molar-refractivity contribution in [2.75, 3.05) is 11.9 Å². The number of hydrogen-bond acceptors (Lipinski definition) is 4. The highest BCUT2D eigenvalue weighted by Crippen LogP contribution is 2.49. The third-order valence-electron chi connectivity index (χ3n) is 3.58. The molecule has 1 aliphatic rings. The van der Waals surface area contributed by atoms with Gasteiger partial charge in [-0.15, -0.1) is 0 Å². The maximum absolute atomic E-state index is 11.5. The molecule has 0 saturated heterocycles. The summed E-state index contributed by atoms with van der Waals surface area (Å²) in [5.74, 6) is 0.110. The van der Waals surface area contributed by atoms with Crippen LogP contribution in [0.25, 0.3) is 0 Å². The smallest absolute Gasteiger partial charge is 0.164 e. The van der Waals surface area contributed by atoms with Crippen molar-refractivity contribution in [1.82, 2.24) is 4.37 Å². The summed E-state index contributed by atoms with van der Waals surface area (Å²) in [6, 6.07) is 0. The van der Waals surface area contributed by atoms with Gasteiger partial charge in [0.1, 0.15) is 5.00 Å². The maximum Gasteiger partial charge on any atom is 0.164 e. The van der Waals surface area contributed by atoms with Gasteiger partial charge in [-0.25, -0.2) is 0 Å². The lowest BCUT2D eigenvalue weighted by atomic mass is 10.0. The summed E-state index contributed by atoms with van der Waals surface area (Å²) in [5.41, 5.74) is 2.13. The minimum absolute atomic E-state index is 0.110. The average Bonchev–Trinajstić information content (AvgIpc) is 2.92. The van der Waals surface area contributed by atoms with E-state index in [1.807, 2.05) is 6.92 Å². The quantitative estimate of drug-likeness (QED) is 0.786. The molecule has 94 valence electrons. The standard InChI is InChI=1S/C13H20N2OS/c1-4-5-13(6-7-13)8-14-12-11(10(3)16)9(2)15-17-12/h14H,4-8H2,1-3H3. The fourth-order valence-electron chi connectivity index (χ4n) is 2.40. The first-order valence-corrected chi connectivity index (χ1v) is 7.06. The van der Waals surface area contributed by atoms with E-state index >= 15 is 0 Å². The SMILES string of the molecule is CCCC1(CNc2snc(C)c2C(C)=O)CC1. The first-order chi connectivity index (χ1) is 8.08. The summed E-state index contributed by atoms with van der Waals surface area (Å²) in [6.07, 6.45) is 5.16. The van der Waals surface area contributed by atoms with Crippen LogP contribution in [0.3, 0.4) is 0 Å². The van der Waals surface area contributed by atoms with Crippen molar-refractivity contribution in [2.45, 2.75) is 46.5 Å².